The molecule has 0 bridgehead atoms. The van der Waals surface area contributed by atoms with Crippen LogP contribution in [0, 0.1) is 6.92 Å². The van der Waals surface area contributed by atoms with Crippen molar-refractivity contribution in [3.63, 3.8) is 0 Å². The Labute approximate surface area is 130 Å². The van der Waals surface area contributed by atoms with Gasteiger partial charge < -0.3 is 9.47 Å². The van der Waals surface area contributed by atoms with E-state index in [1.54, 1.807) is 19.2 Å². The molecule has 21 heavy (non-hydrogen) atoms. The van der Waals surface area contributed by atoms with E-state index in [0.29, 0.717) is 0 Å². The molecule has 0 fully saturated rings. The van der Waals surface area contributed by atoms with Crippen LogP contribution in [0.1, 0.15) is 21.5 Å². The van der Waals surface area contributed by atoms with Gasteiger partial charge in [0.05, 0.1) is 11.9 Å². The molecule has 0 N–H and O–H groups in total. The van der Waals surface area contributed by atoms with Crippen LogP contribution in [0.5, 0.6) is 11.5 Å². The van der Waals surface area contributed by atoms with Gasteiger partial charge in [0, 0.05) is 0 Å². The summed E-state index contributed by atoms with van der Waals surface area (Å²) in [4.78, 5) is -0.107. The second-order valence-corrected chi connectivity index (χ2v) is 5.45. The standard InChI is InChI=1S/C16H15BrF2O2/c1-10-8-12(20-2)6-7-14(10)15(17)11-4-3-5-13(9-11)21-16(18)19/h3-9,15-16H,1-2H3. The van der Waals surface area contributed by atoms with Crippen LogP contribution in [0.15, 0.2) is 42.5 Å². The summed E-state index contributed by atoms with van der Waals surface area (Å²) in [6.45, 7) is -0.845. The molecule has 0 amide bonds. The Hall–Kier alpha value is -1.62. The van der Waals surface area contributed by atoms with Crippen molar-refractivity contribution in [2.45, 2.75) is 18.4 Å². The Kier molecular flexibility index (Phi) is 5.17. The minimum absolute atomic E-state index is 0.107. The summed E-state index contributed by atoms with van der Waals surface area (Å²) in [5.41, 5.74) is 2.95. The number of hydrogen-bond donors (Lipinski definition) is 0. The van der Waals surface area contributed by atoms with Gasteiger partial charge in [-0.15, -0.1) is 0 Å². The Morgan fingerprint density at radius 3 is 2.43 bits per heavy atom. The first-order valence-electron chi connectivity index (χ1n) is 6.34. The largest absolute Gasteiger partial charge is 0.497 e. The van der Waals surface area contributed by atoms with Gasteiger partial charge in [0.1, 0.15) is 11.5 Å². The molecular weight excluding hydrogens is 342 g/mol. The average molecular weight is 357 g/mol. The molecule has 0 aliphatic rings. The molecule has 0 saturated carbocycles. The van der Waals surface area contributed by atoms with Gasteiger partial charge in [-0.2, -0.15) is 8.78 Å². The molecule has 112 valence electrons. The van der Waals surface area contributed by atoms with E-state index in [4.69, 9.17) is 4.74 Å². The minimum atomic E-state index is -2.82. The second-order valence-electron chi connectivity index (χ2n) is 4.54. The maximum Gasteiger partial charge on any atom is 0.387 e. The molecule has 2 aromatic rings. The number of aryl methyl sites for hydroxylation is 1. The molecule has 0 aliphatic carbocycles. The Morgan fingerprint density at radius 2 is 1.81 bits per heavy atom. The lowest BCUT2D eigenvalue weighted by molar-refractivity contribution is -0.0498. The predicted molar refractivity (Wildman–Crippen MR) is 81.6 cm³/mol. The molecule has 2 nitrogen and oxygen atoms in total. The number of methoxy groups -OCH3 is 1. The fraction of sp³-hybridized carbons (Fsp3) is 0.250. The van der Waals surface area contributed by atoms with Gasteiger partial charge in [-0.25, -0.2) is 0 Å². The second kappa shape index (κ2) is 6.89. The maximum absolute atomic E-state index is 12.3. The monoisotopic (exact) mass is 356 g/mol. The normalized spacial score (nSPS) is 12.3. The highest BCUT2D eigenvalue weighted by Gasteiger charge is 2.15. The number of alkyl halides is 3. The SMILES string of the molecule is COc1ccc(C(Br)c2cccc(OC(F)F)c2)c(C)c1. The Bertz CT molecular complexity index is 617. The molecule has 5 heteroatoms. The highest BCUT2D eigenvalue weighted by atomic mass is 79.9. The summed E-state index contributed by atoms with van der Waals surface area (Å²) in [7, 11) is 1.62. The molecule has 1 unspecified atom stereocenters. The first-order valence-corrected chi connectivity index (χ1v) is 7.26. The van der Waals surface area contributed by atoms with Crippen LogP contribution in [0.3, 0.4) is 0 Å². The van der Waals surface area contributed by atoms with Crippen molar-refractivity contribution in [3.05, 3.63) is 59.2 Å². The summed E-state index contributed by atoms with van der Waals surface area (Å²) in [5.74, 6) is 0.934. The van der Waals surface area contributed by atoms with Crippen LogP contribution in [0.2, 0.25) is 0 Å². The highest BCUT2D eigenvalue weighted by molar-refractivity contribution is 9.09. The van der Waals surface area contributed by atoms with E-state index < -0.39 is 6.61 Å². The highest BCUT2D eigenvalue weighted by Crippen LogP contribution is 2.35. The van der Waals surface area contributed by atoms with Crippen LogP contribution in [-0.2, 0) is 0 Å². The van der Waals surface area contributed by atoms with E-state index in [0.717, 1.165) is 22.4 Å². The Balaban J connectivity index is 2.29. The molecule has 2 rings (SSSR count). The third-order valence-electron chi connectivity index (χ3n) is 3.13. The lowest BCUT2D eigenvalue weighted by atomic mass is 10.00. The fourth-order valence-electron chi connectivity index (χ4n) is 2.09. The van der Waals surface area contributed by atoms with Crippen molar-refractivity contribution < 1.29 is 18.3 Å². The van der Waals surface area contributed by atoms with Gasteiger partial charge in [-0.3, -0.25) is 0 Å². The van der Waals surface area contributed by atoms with Gasteiger partial charge in [0.25, 0.3) is 0 Å². The van der Waals surface area contributed by atoms with E-state index in [-0.39, 0.29) is 10.6 Å². The molecule has 1 atom stereocenters. The molecule has 0 radical (unpaired) electrons. The topological polar surface area (TPSA) is 18.5 Å². The third-order valence-corrected chi connectivity index (χ3v) is 4.15. The van der Waals surface area contributed by atoms with Gasteiger partial charge in [0.2, 0.25) is 0 Å². The zero-order chi connectivity index (χ0) is 15.4. The average Bonchev–Trinajstić information content (AvgIpc) is 2.46. The quantitative estimate of drug-likeness (QED) is 0.694. The zero-order valence-electron chi connectivity index (χ0n) is 11.6. The number of hydrogen-bond acceptors (Lipinski definition) is 2. The van der Waals surface area contributed by atoms with Crippen molar-refractivity contribution in [1.82, 2.24) is 0 Å². The maximum atomic E-state index is 12.3. The van der Waals surface area contributed by atoms with Crippen molar-refractivity contribution in [2.75, 3.05) is 7.11 Å². The van der Waals surface area contributed by atoms with Crippen molar-refractivity contribution in [2.24, 2.45) is 0 Å². The third kappa shape index (κ3) is 3.94. The summed E-state index contributed by atoms with van der Waals surface area (Å²) < 4.78 is 34.2. The van der Waals surface area contributed by atoms with Crippen LogP contribution in [-0.4, -0.2) is 13.7 Å². The lowest BCUT2D eigenvalue weighted by Gasteiger charge is -2.15. The van der Waals surface area contributed by atoms with E-state index in [1.165, 1.54) is 6.07 Å². The molecular formula is C16H15BrF2O2. The summed E-state index contributed by atoms with van der Waals surface area (Å²) >= 11 is 3.61. The fourth-order valence-corrected chi connectivity index (χ4v) is 2.89. The van der Waals surface area contributed by atoms with E-state index in [2.05, 4.69) is 20.7 Å². The van der Waals surface area contributed by atoms with Crippen molar-refractivity contribution >= 4 is 15.9 Å². The predicted octanol–water partition coefficient (Wildman–Crippen LogP) is 5.09. The summed E-state index contributed by atoms with van der Waals surface area (Å²) in [6.07, 6.45) is 0. The number of ether oxygens (including phenoxy) is 2. The number of benzene rings is 2. The van der Waals surface area contributed by atoms with E-state index >= 15 is 0 Å². The van der Waals surface area contributed by atoms with Crippen molar-refractivity contribution in [1.29, 1.82) is 0 Å². The molecule has 0 saturated heterocycles. The van der Waals surface area contributed by atoms with E-state index in [9.17, 15) is 8.78 Å². The van der Waals surface area contributed by atoms with Gasteiger partial charge in [0.15, 0.2) is 0 Å². The first kappa shape index (κ1) is 15.8. The van der Waals surface area contributed by atoms with Crippen LogP contribution in [0.25, 0.3) is 0 Å². The lowest BCUT2D eigenvalue weighted by Crippen LogP contribution is -2.03. The smallest absolute Gasteiger partial charge is 0.387 e. The number of halogens is 3. The Morgan fingerprint density at radius 1 is 1.05 bits per heavy atom. The molecule has 0 heterocycles. The van der Waals surface area contributed by atoms with Crippen LogP contribution in [0.4, 0.5) is 8.78 Å². The van der Waals surface area contributed by atoms with Crippen LogP contribution < -0.4 is 9.47 Å². The molecule has 0 aliphatic heterocycles. The van der Waals surface area contributed by atoms with Gasteiger partial charge in [-0.1, -0.05) is 34.1 Å². The minimum Gasteiger partial charge on any atom is -0.497 e. The van der Waals surface area contributed by atoms with Crippen molar-refractivity contribution in [3.8, 4) is 11.5 Å². The number of rotatable bonds is 5. The van der Waals surface area contributed by atoms with E-state index in [1.807, 2.05) is 31.2 Å². The molecule has 0 aromatic heterocycles. The molecule has 0 spiro atoms. The molecule has 2 aromatic carbocycles. The van der Waals surface area contributed by atoms with Gasteiger partial charge in [-0.05, 0) is 47.9 Å². The van der Waals surface area contributed by atoms with Crippen LogP contribution >= 0.6 is 15.9 Å². The zero-order valence-corrected chi connectivity index (χ0v) is 13.2. The summed E-state index contributed by atoms with van der Waals surface area (Å²) in [6, 6.07) is 12.4. The summed E-state index contributed by atoms with van der Waals surface area (Å²) in [5, 5.41) is 0. The van der Waals surface area contributed by atoms with Gasteiger partial charge >= 0.3 is 6.61 Å². The first-order chi connectivity index (χ1) is 10.0.